The number of nitrogens with two attached hydrogens (primary N) is 1. The molecule has 1 fully saturated rings. The Labute approximate surface area is 239 Å². The minimum absolute atomic E-state index is 0.357. The van der Waals surface area contributed by atoms with Crippen LogP contribution in [0.2, 0.25) is 0 Å². The summed E-state index contributed by atoms with van der Waals surface area (Å²) in [6.45, 7) is 11.2. The SMILES string of the molecule is CCC.CN.CN1CCN(C)CCN(Cc2cc(/C=C/c3ccc(-c4ccc(C=O)cc4)s3)ccc2O)CC1. The summed E-state index contributed by atoms with van der Waals surface area (Å²) in [7, 11) is 5.85. The summed E-state index contributed by atoms with van der Waals surface area (Å²) < 4.78 is 0. The summed E-state index contributed by atoms with van der Waals surface area (Å²) in [5.41, 5.74) is 8.35. The van der Waals surface area contributed by atoms with Crippen molar-refractivity contribution in [1.82, 2.24) is 14.7 Å². The zero-order valence-electron chi connectivity index (χ0n) is 24.3. The van der Waals surface area contributed by atoms with E-state index in [1.54, 1.807) is 17.4 Å². The maximum absolute atomic E-state index is 10.9. The molecule has 1 saturated heterocycles. The molecule has 0 bridgehead atoms. The van der Waals surface area contributed by atoms with Crippen LogP contribution in [0, 0.1) is 0 Å². The molecular formula is C32H46N4O2S. The number of phenols is 1. The monoisotopic (exact) mass is 550 g/mol. The van der Waals surface area contributed by atoms with Crippen molar-refractivity contribution in [1.29, 1.82) is 0 Å². The Bertz CT molecular complexity index is 1130. The number of likely N-dealkylation sites (N-methyl/N-ethyl adjacent to an activating group) is 2. The fraction of sp³-hybridized carbons (Fsp3) is 0.406. The smallest absolute Gasteiger partial charge is 0.150 e. The predicted octanol–water partition coefficient (Wildman–Crippen LogP) is 5.77. The van der Waals surface area contributed by atoms with Gasteiger partial charge in [-0.05, 0) is 62.6 Å². The standard InChI is InChI=1S/C28H33N3O2S.C3H8.CH5N/c1-29-13-14-30(2)16-18-31(17-15-29)20-25-19-22(6-11-27(25)33)5-9-26-10-12-28(34-26)24-7-3-23(21-32)4-8-24;1-3-2;1-2/h3-12,19,21,33H,13-18,20H2,1-2H3;3H2,1-2H3;2H2,1H3/b9-5+;;. The van der Waals surface area contributed by atoms with E-state index in [1.807, 2.05) is 30.3 Å². The van der Waals surface area contributed by atoms with Gasteiger partial charge in [-0.2, -0.15) is 0 Å². The topological polar surface area (TPSA) is 73.0 Å². The van der Waals surface area contributed by atoms with E-state index in [2.05, 4.69) is 78.7 Å². The molecule has 0 spiro atoms. The molecule has 212 valence electrons. The lowest BCUT2D eigenvalue weighted by Crippen LogP contribution is -2.34. The molecule has 6 nitrogen and oxygen atoms in total. The van der Waals surface area contributed by atoms with E-state index in [0.717, 1.165) is 73.7 Å². The lowest BCUT2D eigenvalue weighted by atomic mass is 10.1. The van der Waals surface area contributed by atoms with Crippen molar-refractivity contribution in [2.24, 2.45) is 5.73 Å². The molecule has 0 aliphatic carbocycles. The number of carbonyl (C=O) groups excluding carboxylic acids is 1. The zero-order valence-corrected chi connectivity index (χ0v) is 25.1. The second-order valence-corrected chi connectivity index (χ2v) is 10.9. The molecule has 39 heavy (non-hydrogen) atoms. The molecule has 3 N–H and O–H groups in total. The molecule has 1 aliphatic rings. The summed E-state index contributed by atoms with van der Waals surface area (Å²) in [6, 6.07) is 17.7. The second kappa shape index (κ2) is 17.7. The lowest BCUT2D eigenvalue weighted by Gasteiger charge is -2.24. The molecule has 0 unspecified atom stereocenters. The number of carbonyl (C=O) groups is 1. The zero-order chi connectivity index (χ0) is 28.6. The van der Waals surface area contributed by atoms with Crippen molar-refractivity contribution < 1.29 is 9.90 Å². The third-order valence-electron chi connectivity index (χ3n) is 6.35. The average Bonchev–Trinajstić information content (AvgIpc) is 3.46. The van der Waals surface area contributed by atoms with Crippen LogP contribution >= 0.6 is 11.3 Å². The highest BCUT2D eigenvalue weighted by Gasteiger charge is 2.14. The van der Waals surface area contributed by atoms with Gasteiger partial charge in [-0.25, -0.2) is 0 Å². The van der Waals surface area contributed by atoms with Crippen molar-refractivity contribution in [3.8, 4) is 16.2 Å². The van der Waals surface area contributed by atoms with Crippen molar-refractivity contribution in [2.75, 3.05) is 60.4 Å². The third-order valence-corrected chi connectivity index (χ3v) is 7.45. The Balaban J connectivity index is 0.000000998. The predicted molar refractivity (Wildman–Crippen MR) is 169 cm³/mol. The number of rotatable bonds is 6. The Hall–Kier alpha value is -2.81. The molecule has 1 aromatic heterocycles. The molecule has 2 aromatic carbocycles. The van der Waals surface area contributed by atoms with Crippen LogP contribution in [-0.2, 0) is 6.54 Å². The quantitative estimate of drug-likeness (QED) is 0.380. The number of hydrogen-bond acceptors (Lipinski definition) is 7. The molecule has 0 saturated carbocycles. The first-order valence-electron chi connectivity index (χ1n) is 13.7. The summed E-state index contributed by atoms with van der Waals surface area (Å²) in [5.74, 6) is 0.357. The first kappa shape index (κ1) is 32.4. The lowest BCUT2D eigenvalue weighted by molar-refractivity contribution is 0.112. The molecule has 0 atom stereocenters. The van der Waals surface area contributed by atoms with E-state index in [4.69, 9.17) is 0 Å². The third kappa shape index (κ3) is 11.1. The van der Waals surface area contributed by atoms with Crippen LogP contribution in [0.5, 0.6) is 5.75 Å². The highest BCUT2D eigenvalue weighted by atomic mass is 32.1. The van der Waals surface area contributed by atoms with Gasteiger partial charge in [0.05, 0.1) is 0 Å². The van der Waals surface area contributed by atoms with Crippen LogP contribution in [0.25, 0.3) is 22.6 Å². The minimum Gasteiger partial charge on any atom is -0.508 e. The number of aldehydes is 1. The van der Waals surface area contributed by atoms with E-state index in [-0.39, 0.29) is 0 Å². The summed E-state index contributed by atoms with van der Waals surface area (Å²) in [6.07, 6.45) is 6.34. The Morgan fingerprint density at radius 3 is 1.97 bits per heavy atom. The van der Waals surface area contributed by atoms with E-state index in [1.165, 1.54) is 18.3 Å². The van der Waals surface area contributed by atoms with Gasteiger partial charge in [-0.3, -0.25) is 9.69 Å². The van der Waals surface area contributed by atoms with Crippen molar-refractivity contribution in [3.05, 3.63) is 76.2 Å². The van der Waals surface area contributed by atoms with Crippen LogP contribution in [0.15, 0.2) is 54.6 Å². The molecule has 0 amide bonds. The molecule has 1 aliphatic heterocycles. The molecular weight excluding hydrogens is 504 g/mol. The van der Waals surface area contributed by atoms with Crippen molar-refractivity contribution >= 4 is 29.8 Å². The number of thiophene rings is 1. The highest BCUT2D eigenvalue weighted by molar-refractivity contribution is 7.16. The van der Waals surface area contributed by atoms with Crippen molar-refractivity contribution in [3.63, 3.8) is 0 Å². The first-order chi connectivity index (χ1) is 18.9. The van der Waals surface area contributed by atoms with Crippen LogP contribution in [0.3, 0.4) is 0 Å². The number of phenolic OH excluding ortho intramolecular Hbond substituents is 1. The number of hydrogen-bond donors (Lipinski definition) is 2. The summed E-state index contributed by atoms with van der Waals surface area (Å²) in [4.78, 5) is 20.4. The van der Waals surface area contributed by atoms with Gasteiger partial charge in [0.2, 0.25) is 0 Å². The molecule has 0 radical (unpaired) electrons. The Morgan fingerprint density at radius 1 is 0.821 bits per heavy atom. The minimum atomic E-state index is 0.357. The summed E-state index contributed by atoms with van der Waals surface area (Å²) >= 11 is 1.72. The largest absolute Gasteiger partial charge is 0.508 e. The Morgan fingerprint density at radius 2 is 1.38 bits per heavy atom. The van der Waals surface area contributed by atoms with E-state index < -0.39 is 0 Å². The van der Waals surface area contributed by atoms with Crippen LogP contribution < -0.4 is 5.73 Å². The van der Waals surface area contributed by atoms with Gasteiger partial charge in [0.15, 0.2) is 0 Å². The molecule has 3 aromatic rings. The van der Waals surface area contributed by atoms with Gasteiger partial charge in [0, 0.05) is 66.7 Å². The fourth-order valence-electron chi connectivity index (χ4n) is 4.04. The maximum atomic E-state index is 10.9. The van der Waals surface area contributed by atoms with Crippen LogP contribution in [0.4, 0.5) is 0 Å². The maximum Gasteiger partial charge on any atom is 0.150 e. The van der Waals surface area contributed by atoms with Crippen LogP contribution in [-0.4, -0.2) is 86.5 Å². The Kier molecular flexibility index (Phi) is 14.7. The van der Waals surface area contributed by atoms with Gasteiger partial charge in [-0.15, -0.1) is 11.3 Å². The number of aromatic hydroxyl groups is 1. The number of nitrogens with zero attached hydrogens (tertiary/aromatic N) is 3. The average molecular weight is 551 g/mol. The first-order valence-corrected chi connectivity index (χ1v) is 14.6. The van der Waals surface area contributed by atoms with Gasteiger partial charge in [-0.1, -0.05) is 56.7 Å². The molecule has 2 heterocycles. The van der Waals surface area contributed by atoms with Crippen LogP contribution in [0.1, 0.15) is 46.6 Å². The fourth-order valence-corrected chi connectivity index (χ4v) is 4.95. The van der Waals surface area contributed by atoms with E-state index in [0.29, 0.717) is 11.3 Å². The van der Waals surface area contributed by atoms with Crippen molar-refractivity contribution in [2.45, 2.75) is 26.8 Å². The van der Waals surface area contributed by atoms with Gasteiger partial charge >= 0.3 is 0 Å². The number of benzene rings is 2. The van der Waals surface area contributed by atoms with E-state index >= 15 is 0 Å². The van der Waals surface area contributed by atoms with E-state index in [9.17, 15) is 9.90 Å². The molecule has 7 heteroatoms. The summed E-state index contributed by atoms with van der Waals surface area (Å²) in [5, 5.41) is 10.5. The van der Waals surface area contributed by atoms with Gasteiger partial charge < -0.3 is 20.6 Å². The molecule has 4 rings (SSSR count). The second-order valence-electron chi connectivity index (χ2n) is 9.75. The normalized spacial score (nSPS) is 15.3. The van der Waals surface area contributed by atoms with Gasteiger partial charge in [0.25, 0.3) is 0 Å². The highest BCUT2D eigenvalue weighted by Crippen LogP contribution is 2.30. The van der Waals surface area contributed by atoms with Gasteiger partial charge in [0.1, 0.15) is 12.0 Å².